The molecule has 0 unspecified atom stereocenters. The maximum Gasteiger partial charge on any atom is 0.0886 e. The van der Waals surface area contributed by atoms with Gasteiger partial charge in [0.15, 0.2) is 0 Å². The molecule has 4 aliphatic carbocycles. The molecule has 76 heavy (non-hydrogen) atoms. The number of pyridine rings is 2. The number of hydrogen-bond acceptors (Lipinski definition) is 2. The minimum atomic E-state index is -0.470. The third-order valence-corrected chi connectivity index (χ3v) is 17.6. The quantitative estimate of drug-likeness (QED) is 0.164. The summed E-state index contributed by atoms with van der Waals surface area (Å²) in [6.45, 7) is 0. The van der Waals surface area contributed by atoms with Crippen LogP contribution in [-0.2, 0) is 10.8 Å². The maximum absolute atomic E-state index is 4.99. The van der Waals surface area contributed by atoms with Crippen LogP contribution in [-0.4, -0.2) is 9.97 Å². The fourth-order valence-corrected chi connectivity index (χ4v) is 14.7. The molecule has 0 bridgehead atoms. The molecule has 2 nitrogen and oxygen atoms in total. The standard InChI is InChI=1S/C74H44N2/c1-2-24-58-57(23-1)71(46-33-36-55-53-21-7-13-29-65(53)73(67(55)42-46)61-25-9-3-17-49(61)50-18-4-10-26-62(50)73)59-38-32-45(48-35-39-70(76-44-48)69-31-15-16-40-75-69)41-60(59)72(58)47-34-37-56-54-22-8-14-30-66(54)74(68(56)43-47)63-27-11-5-19-51(63)52-20-6-12-28-64(52)74/h1-44H. The first-order chi connectivity index (χ1) is 37.7. The van der Waals surface area contributed by atoms with E-state index in [1.807, 2.05) is 30.6 Å². The van der Waals surface area contributed by atoms with Gasteiger partial charge in [-0.25, -0.2) is 0 Å². The Bertz CT molecular complexity index is 4510. The molecule has 0 saturated heterocycles. The smallest absolute Gasteiger partial charge is 0.0886 e. The van der Waals surface area contributed by atoms with Gasteiger partial charge >= 0.3 is 0 Å². The lowest BCUT2D eigenvalue weighted by Gasteiger charge is -2.31. The van der Waals surface area contributed by atoms with Crippen molar-refractivity contribution in [1.82, 2.24) is 9.97 Å². The highest BCUT2D eigenvalue weighted by Gasteiger charge is 2.53. The molecule has 4 aliphatic rings. The molecular weight excluding hydrogens is 917 g/mol. The number of nitrogens with zero attached hydrogens (tertiary/aromatic N) is 2. The first-order valence-electron chi connectivity index (χ1n) is 26.5. The summed E-state index contributed by atoms with van der Waals surface area (Å²) < 4.78 is 0. The third-order valence-electron chi connectivity index (χ3n) is 17.6. The highest BCUT2D eigenvalue weighted by molar-refractivity contribution is 6.22. The van der Waals surface area contributed by atoms with Crippen LogP contribution >= 0.6 is 0 Å². The first kappa shape index (κ1) is 41.7. The molecule has 13 aromatic rings. The van der Waals surface area contributed by atoms with E-state index in [0.29, 0.717) is 0 Å². The second-order valence-corrected chi connectivity index (χ2v) is 21.0. The SMILES string of the molecule is c1ccc(-c2ccc(-c3ccc4c(-c5ccc6c(c5)C5(c7ccccc7-c7ccccc75)c5ccccc5-6)c5ccccc5c(-c5ccc6c(c5)C5(c7ccccc7-c7ccccc75)c5ccccc5-6)c4c3)cn2)nc1. The van der Waals surface area contributed by atoms with Crippen LogP contribution in [0.3, 0.4) is 0 Å². The van der Waals surface area contributed by atoms with Gasteiger partial charge in [0.1, 0.15) is 0 Å². The molecule has 0 radical (unpaired) electrons. The van der Waals surface area contributed by atoms with E-state index in [2.05, 4.69) is 242 Å². The Morgan fingerprint density at radius 1 is 0.224 bits per heavy atom. The van der Waals surface area contributed by atoms with Gasteiger partial charge in [-0.2, -0.15) is 0 Å². The summed E-state index contributed by atoms with van der Waals surface area (Å²) >= 11 is 0. The Labute approximate surface area is 441 Å². The molecule has 0 N–H and O–H groups in total. The first-order valence-corrected chi connectivity index (χ1v) is 26.5. The van der Waals surface area contributed by atoms with Crippen molar-refractivity contribution in [2.45, 2.75) is 10.8 Å². The zero-order valence-electron chi connectivity index (χ0n) is 41.3. The highest BCUT2D eigenvalue weighted by Crippen LogP contribution is 2.65. The molecule has 2 spiro atoms. The molecule has 0 fully saturated rings. The second kappa shape index (κ2) is 15.4. The summed E-state index contributed by atoms with van der Waals surface area (Å²) in [5, 5.41) is 4.86. The number of hydrogen-bond donors (Lipinski definition) is 0. The second-order valence-electron chi connectivity index (χ2n) is 21.0. The van der Waals surface area contributed by atoms with Crippen LogP contribution in [0.2, 0.25) is 0 Å². The summed E-state index contributed by atoms with van der Waals surface area (Å²) in [6.07, 6.45) is 3.83. The molecule has 2 heterocycles. The molecule has 2 aromatic heterocycles. The van der Waals surface area contributed by atoms with Gasteiger partial charge in [0.2, 0.25) is 0 Å². The van der Waals surface area contributed by atoms with E-state index in [4.69, 9.17) is 4.98 Å². The van der Waals surface area contributed by atoms with Gasteiger partial charge in [-0.15, -0.1) is 0 Å². The summed E-state index contributed by atoms with van der Waals surface area (Å²) in [4.78, 5) is 9.60. The van der Waals surface area contributed by atoms with E-state index < -0.39 is 10.8 Å². The van der Waals surface area contributed by atoms with Crippen LogP contribution in [0.5, 0.6) is 0 Å². The van der Waals surface area contributed by atoms with Gasteiger partial charge in [-0.05, 0) is 175 Å². The predicted molar refractivity (Wildman–Crippen MR) is 311 cm³/mol. The van der Waals surface area contributed by atoms with Crippen LogP contribution in [0.15, 0.2) is 267 Å². The topological polar surface area (TPSA) is 25.8 Å². The van der Waals surface area contributed by atoms with Crippen molar-refractivity contribution < 1.29 is 0 Å². The number of rotatable bonds is 4. The van der Waals surface area contributed by atoms with Crippen molar-refractivity contribution >= 4 is 21.5 Å². The fraction of sp³-hybridized carbons (Fsp3) is 0.0270. The van der Waals surface area contributed by atoms with Gasteiger partial charge in [-0.1, -0.05) is 218 Å². The Hall–Kier alpha value is -9.76. The van der Waals surface area contributed by atoms with Gasteiger partial charge in [0, 0.05) is 18.0 Å². The van der Waals surface area contributed by atoms with Gasteiger partial charge in [0.05, 0.1) is 22.2 Å². The Kier molecular flexibility index (Phi) is 8.44. The van der Waals surface area contributed by atoms with E-state index in [9.17, 15) is 0 Å². The molecule has 17 rings (SSSR count). The van der Waals surface area contributed by atoms with Crippen molar-refractivity contribution in [3.05, 3.63) is 312 Å². The maximum atomic E-state index is 4.99. The van der Waals surface area contributed by atoms with Crippen LogP contribution in [0.4, 0.5) is 0 Å². The van der Waals surface area contributed by atoms with E-state index in [1.54, 1.807) is 0 Å². The zero-order valence-corrected chi connectivity index (χ0v) is 41.3. The van der Waals surface area contributed by atoms with Crippen LogP contribution in [0, 0.1) is 0 Å². The lowest BCUT2D eigenvalue weighted by Crippen LogP contribution is -2.25. The zero-order chi connectivity index (χ0) is 49.7. The summed E-state index contributed by atoms with van der Waals surface area (Å²) in [5.74, 6) is 0. The monoisotopic (exact) mass is 960 g/mol. The molecule has 0 aliphatic heterocycles. The van der Waals surface area contributed by atoms with Gasteiger partial charge in [-0.3, -0.25) is 9.97 Å². The molecule has 0 atom stereocenters. The average molecular weight is 961 g/mol. The summed E-state index contributed by atoms with van der Waals surface area (Å²) in [7, 11) is 0. The van der Waals surface area contributed by atoms with Crippen molar-refractivity contribution in [3.8, 4) is 89.3 Å². The number of aromatic nitrogens is 2. The number of fused-ring (bicyclic) bond motifs is 22. The number of benzene rings is 11. The lowest BCUT2D eigenvalue weighted by atomic mass is 9.70. The predicted octanol–water partition coefficient (Wildman–Crippen LogP) is 18.1. The van der Waals surface area contributed by atoms with E-state index in [-0.39, 0.29) is 0 Å². The minimum Gasteiger partial charge on any atom is -0.255 e. The summed E-state index contributed by atoms with van der Waals surface area (Å²) in [6, 6.07) is 95.9. The lowest BCUT2D eigenvalue weighted by molar-refractivity contribution is 0.794. The largest absolute Gasteiger partial charge is 0.255 e. The van der Waals surface area contributed by atoms with Crippen molar-refractivity contribution in [2.75, 3.05) is 0 Å². The Morgan fingerprint density at radius 2 is 0.579 bits per heavy atom. The van der Waals surface area contributed by atoms with Crippen molar-refractivity contribution in [3.63, 3.8) is 0 Å². The Morgan fingerprint density at radius 3 is 1.00 bits per heavy atom. The molecule has 350 valence electrons. The van der Waals surface area contributed by atoms with Crippen LogP contribution in [0.25, 0.3) is 111 Å². The Balaban J connectivity index is 0.946. The molecule has 0 amide bonds. The molecular formula is C74H44N2. The normalized spacial score (nSPS) is 14.0. The van der Waals surface area contributed by atoms with Gasteiger partial charge < -0.3 is 0 Å². The minimum absolute atomic E-state index is 0.461. The van der Waals surface area contributed by atoms with Crippen molar-refractivity contribution in [2.24, 2.45) is 0 Å². The van der Waals surface area contributed by atoms with Gasteiger partial charge in [0.25, 0.3) is 0 Å². The summed E-state index contributed by atoms with van der Waals surface area (Å²) in [5.41, 5.74) is 29.0. The van der Waals surface area contributed by atoms with E-state index >= 15 is 0 Å². The van der Waals surface area contributed by atoms with Crippen LogP contribution < -0.4 is 0 Å². The molecule has 2 heteroatoms. The van der Waals surface area contributed by atoms with Crippen LogP contribution in [0.1, 0.15) is 44.5 Å². The van der Waals surface area contributed by atoms with E-state index in [1.165, 1.54) is 133 Å². The van der Waals surface area contributed by atoms with E-state index in [0.717, 1.165) is 22.5 Å². The van der Waals surface area contributed by atoms with Crippen molar-refractivity contribution in [1.29, 1.82) is 0 Å². The highest BCUT2D eigenvalue weighted by atomic mass is 14.8. The third kappa shape index (κ3) is 5.30. The fourth-order valence-electron chi connectivity index (χ4n) is 14.7. The molecule has 0 saturated carbocycles. The molecule has 11 aromatic carbocycles. The average Bonchev–Trinajstić information content (AvgIpc) is 4.35.